The normalized spacial score (nSPS) is 14.1. The third kappa shape index (κ3) is 4.04. The number of benzene rings is 2. The van der Waals surface area contributed by atoms with Gasteiger partial charge < -0.3 is 19.4 Å². The topological polar surface area (TPSA) is 79.9 Å². The third-order valence-electron chi connectivity index (χ3n) is 5.88. The van der Waals surface area contributed by atoms with Crippen molar-refractivity contribution in [3.05, 3.63) is 68.4 Å². The first-order valence-electron chi connectivity index (χ1n) is 11.1. The molecule has 0 aliphatic carbocycles. The van der Waals surface area contributed by atoms with Crippen LogP contribution in [0.15, 0.2) is 50.7 Å². The van der Waals surface area contributed by atoms with E-state index < -0.39 is 5.60 Å². The number of rotatable bonds is 4. The van der Waals surface area contributed by atoms with Gasteiger partial charge in [-0.1, -0.05) is 29.4 Å². The minimum atomic E-state index is -0.485. The van der Waals surface area contributed by atoms with Gasteiger partial charge in [0.15, 0.2) is 0 Å². The molecular weight excluding hydrogens is 416 g/mol. The number of aromatic hydroxyl groups is 2. The van der Waals surface area contributed by atoms with Crippen molar-refractivity contribution in [2.75, 3.05) is 0 Å². The zero-order valence-corrected chi connectivity index (χ0v) is 20.0. The summed E-state index contributed by atoms with van der Waals surface area (Å²) in [5.74, 6) is 0.310. The van der Waals surface area contributed by atoms with Crippen molar-refractivity contribution in [2.45, 2.75) is 60.0 Å². The van der Waals surface area contributed by atoms with Crippen molar-refractivity contribution in [1.82, 2.24) is 0 Å². The second kappa shape index (κ2) is 8.14. The fourth-order valence-corrected chi connectivity index (χ4v) is 4.12. The van der Waals surface area contributed by atoms with Crippen LogP contribution in [0.2, 0.25) is 0 Å². The first-order chi connectivity index (χ1) is 15.5. The molecule has 2 N–H and O–H groups in total. The molecule has 0 saturated carbocycles. The van der Waals surface area contributed by atoms with Gasteiger partial charge in [0.05, 0.1) is 5.39 Å². The van der Waals surface area contributed by atoms with E-state index in [2.05, 4.69) is 0 Å². The Kier molecular flexibility index (Phi) is 5.61. The highest BCUT2D eigenvalue weighted by Gasteiger charge is 2.27. The molecule has 2 aromatic carbocycles. The number of phenols is 2. The summed E-state index contributed by atoms with van der Waals surface area (Å²) < 4.78 is 12.2. The van der Waals surface area contributed by atoms with Crippen LogP contribution in [0, 0.1) is 0 Å². The molecule has 172 valence electrons. The molecule has 0 spiro atoms. The Morgan fingerprint density at radius 2 is 1.58 bits per heavy atom. The van der Waals surface area contributed by atoms with Gasteiger partial charge in [-0.15, -0.1) is 0 Å². The van der Waals surface area contributed by atoms with Gasteiger partial charge in [0, 0.05) is 16.7 Å². The predicted octanol–water partition coefficient (Wildman–Crippen LogP) is 6.56. The summed E-state index contributed by atoms with van der Waals surface area (Å²) >= 11 is 0. The van der Waals surface area contributed by atoms with Crippen LogP contribution in [0.3, 0.4) is 0 Å². The summed E-state index contributed by atoms with van der Waals surface area (Å²) in [4.78, 5) is 13.8. The summed E-state index contributed by atoms with van der Waals surface area (Å²) in [6, 6.07) is 3.50. The molecule has 3 aromatic rings. The number of fused-ring (bicyclic) bond motifs is 4. The summed E-state index contributed by atoms with van der Waals surface area (Å²) in [5, 5.41) is 22.7. The number of hydrogen-bond acceptors (Lipinski definition) is 5. The Morgan fingerprint density at radius 1 is 0.939 bits per heavy atom. The maximum atomic E-state index is 13.8. The van der Waals surface area contributed by atoms with Crippen LogP contribution < -0.4 is 10.2 Å². The molecule has 1 aliphatic rings. The molecule has 5 nitrogen and oxygen atoms in total. The van der Waals surface area contributed by atoms with Gasteiger partial charge in [-0.2, -0.15) is 0 Å². The maximum absolute atomic E-state index is 13.8. The van der Waals surface area contributed by atoms with E-state index in [0.29, 0.717) is 46.3 Å². The van der Waals surface area contributed by atoms with Gasteiger partial charge in [-0.05, 0) is 72.6 Å². The Bertz CT molecular complexity index is 1420. The van der Waals surface area contributed by atoms with Crippen LogP contribution >= 0.6 is 0 Å². The molecule has 1 aliphatic heterocycles. The lowest BCUT2D eigenvalue weighted by Gasteiger charge is -2.28. The van der Waals surface area contributed by atoms with E-state index in [1.54, 1.807) is 12.1 Å². The molecule has 0 atom stereocenters. The second-order valence-corrected chi connectivity index (χ2v) is 9.65. The van der Waals surface area contributed by atoms with Crippen molar-refractivity contribution >= 4 is 28.0 Å². The summed E-state index contributed by atoms with van der Waals surface area (Å²) in [5.41, 5.74) is 3.33. The summed E-state index contributed by atoms with van der Waals surface area (Å²) in [6.07, 6.45) is 8.33. The summed E-state index contributed by atoms with van der Waals surface area (Å²) in [7, 11) is 0. The number of phenolic OH excluding ortho intramolecular Hbond substituents is 2. The maximum Gasteiger partial charge on any atom is 0.205 e. The van der Waals surface area contributed by atoms with Gasteiger partial charge in [0.25, 0.3) is 0 Å². The summed E-state index contributed by atoms with van der Waals surface area (Å²) in [6.45, 7) is 11.7. The average Bonchev–Trinajstić information content (AvgIpc) is 2.72. The average molecular weight is 447 g/mol. The van der Waals surface area contributed by atoms with E-state index in [0.717, 1.165) is 11.1 Å². The number of hydrogen-bond donors (Lipinski definition) is 2. The molecule has 0 saturated heterocycles. The van der Waals surface area contributed by atoms with Crippen LogP contribution in [0.25, 0.3) is 28.0 Å². The minimum Gasteiger partial charge on any atom is -0.507 e. The molecule has 4 rings (SSSR count). The van der Waals surface area contributed by atoms with Crippen LogP contribution in [-0.4, -0.2) is 15.8 Å². The SMILES string of the molecule is CC(C)=CCc1c(O)c(CC=C(C)C)c2oc3ccc4c(c3c(=O)c2c1O)C=CC(C)(C)O4. The Labute approximate surface area is 193 Å². The van der Waals surface area contributed by atoms with Gasteiger partial charge in [0.2, 0.25) is 5.43 Å². The van der Waals surface area contributed by atoms with Gasteiger partial charge >= 0.3 is 0 Å². The van der Waals surface area contributed by atoms with E-state index in [4.69, 9.17) is 9.15 Å². The highest BCUT2D eigenvalue weighted by atomic mass is 16.5. The van der Waals surface area contributed by atoms with Gasteiger partial charge in [-0.3, -0.25) is 4.79 Å². The van der Waals surface area contributed by atoms with Gasteiger partial charge in [-0.25, -0.2) is 0 Å². The lowest BCUT2D eigenvalue weighted by atomic mass is 9.94. The first-order valence-corrected chi connectivity index (χ1v) is 11.1. The molecule has 0 bridgehead atoms. The lowest BCUT2D eigenvalue weighted by Crippen LogP contribution is -2.27. The Hall–Kier alpha value is -3.47. The van der Waals surface area contributed by atoms with Crippen LogP contribution in [0.4, 0.5) is 0 Å². The van der Waals surface area contributed by atoms with Crippen molar-refractivity contribution in [3.8, 4) is 17.2 Å². The molecule has 5 heteroatoms. The second-order valence-electron chi connectivity index (χ2n) is 9.65. The van der Waals surface area contributed by atoms with Gasteiger partial charge in [0.1, 0.15) is 39.4 Å². The number of allylic oxidation sites excluding steroid dienone is 4. The lowest BCUT2D eigenvalue weighted by molar-refractivity contribution is 0.159. The van der Waals surface area contributed by atoms with Crippen molar-refractivity contribution in [2.24, 2.45) is 0 Å². The zero-order chi connectivity index (χ0) is 24.1. The predicted molar refractivity (Wildman–Crippen MR) is 133 cm³/mol. The monoisotopic (exact) mass is 446 g/mol. The Balaban J connectivity index is 2.12. The standard InChI is InChI=1S/C28H30O5/c1-15(2)7-9-18-24(29)19(10-8-16(3)4)27-23(25(18)30)26(31)22-17-13-14-28(5,6)33-20(17)11-12-21(22)32-27/h7-8,11-14,29-30H,9-10H2,1-6H3. The van der Waals surface area contributed by atoms with E-state index >= 15 is 0 Å². The highest BCUT2D eigenvalue weighted by molar-refractivity contribution is 6.01. The number of ether oxygens (including phenoxy) is 1. The smallest absolute Gasteiger partial charge is 0.205 e. The molecular formula is C28H30O5. The third-order valence-corrected chi connectivity index (χ3v) is 5.88. The largest absolute Gasteiger partial charge is 0.507 e. The van der Waals surface area contributed by atoms with Crippen molar-refractivity contribution < 1.29 is 19.4 Å². The van der Waals surface area contributed by atoms with Crippen LogP contribution in [0.1, 0.15) is 58.2 Å². The molecule has 0 radical (unpaired) electrons. The molecule has 0 fully saturated rings. The highest BCUT2D eigenvalue weighted by Crippen LogP contribution is 2.42. The van der Waals surface area contributed by atoms with E-state index in [-0.39, 0.29) is 27.9 Å². The van der Waals surface area contributed by atoms with E-state index in [1.807, 2.05) is 65.8 Å². The molecule has 33 heavy (non-hydrogen) atoms. The van der Waals surface area contributed by atoms with Crippen LogP contribution in [0.5, 0.6) is 17.2 Å². The fourth-order valence-electron chi connectivity index (χ4n) is 4.12. The van der Waals surface area contributed by atoms with Crippen molar-refractivity contribution in [3.63, 3.8) is 0 Å². The van der Waals surface area contributed by atoms with Crippen LogP contribution in [-0.2, 0) is 12.8 Å². The van der Waals surface area contributed by atoms with E-state index in [9.17, 15) is 15.0 Å². The van der Waals surface area contributed by atoms with E-state index in [1.165, 1.54) is 0 Å². The van der Waals surface area contributed by atoms with Crippen molar-refractivity contribution in [1.29, 1.82) is 0 Å². The molecule has 1 aromatic heterocycles. The molecule has 2 heterocycles. The molecule has 0 unspecified atom stereocenters. The zero-order valence-electron chi connectivity index (χ0n) is 20.0. The minimum absolute atomic E-state index is 0.0413. The molecule has 0 amide bonds. The first kappa shape index (κ1) is 22.7. The fraction of sp³-hybridized carbons (Fsp3) is 0.321. The quantitative estimate of drug-likeness (QED) is 0.350. The Morgan fingerprint density at radius 3 is 2.21 bits per heavy atom.